The predicted molar refractivity (Wildman–Crippen MR) is 203 cm³/mol. The Morgan fingerprint density at radius 2 is 0.960 bits per heavy atom. The molecule has 0 radical (unpaired) electrons. The molecule has 0 aliphatic heterocycles. The molecule has 0 fully saturated rings. The van der Waals surface area contributed by atoms with Crippen LogP contribution in [0.3, 0.4) is 0 Å². The molecule has 3 aromatic heterocycles. The topological polar surface area (TPSA) is 56.7 Å². The summed E-state index contributed by atoms with van der Waals surface area (Å²) >= 11 is 0. The van der Waals surface area contributed by atoms with Gasteiger partial charge < -0.3 is 8.98 Å². The second-order valence-electron chi connectivity index (χ2n) is 12.4. The molecule has 50 heavy (non-hydrogen) atoms. The lowest BCUT2D eigenvalue weighted by Crippen LogP contribution is -2.04. The van der Waals surface area contributed by atoms with E-state index < -0.39 is 0 Å². The predicted octanol–water partition coefficient (Wildman–Crippen LogP) is 11.5. The van der Waals surface area contributed by atoms with Gasteiger partial charge in [-0.15, -0.1) is 0 Å². The lowest BCUT2D eigenvalue weighted by atomic mass is 10.0. The third kappa shape index (κ3) is 4.45. The van der Waals surface area contributed by atoms with Gasteiger partial charge in [0.25, 0.3) is 0 Å². The Kier molecular flexibility index (Phi) is 6.42. The van der Waals surface area contributed by atoms with Gasteiger partial charge in [-0.25, -0.2) is 15.0 Å². The maximum Gasteiger partial charge on any atom is 0.166 e. The van der Waals surface area contributed by atoms with Gasteiger partial charge in [0.1, 0.15) is 11.2 Å². The first-order valence-electron chi connectivity index (χ1n) is 16.7. The number of aromatic nitrogens is 4. The molecule has 10 rings (SSSR count). The zero-order chi connectivity index (χ0) is 33.0. The van der Waals surface area contributed by atoms with E-state index in [0.717, 1.165) is 66.5 Å². The summed E-state index contributed by atoms with van der Waals surface area (Å²) in [5.74, 6) is 1.79. The highest BCUT2D eigenvalue weighted by molar-refractivity contribution is 6.17. The van der Waals surface area contributed by atoms with E-state index >= 15 is 0 Å². The summed E-state index contributed by atoms with van der Waals surface area (Å²) in [6.45, 7) is 0. The zero-order valence-electron chi connectivity index (χ0n) is 26.9. The lowest BCUT2D eigenvalue weighted by Gasteiger charge is -2.17. The van der Waals surface area contributed by atoms with Gasteiger partial charge in [-0.1, -0.05) is 146 Å². The summed E-state index contributed by atoms with van der Waals surface area (Å²) in [5, 5.41) is 4.32. The van der Waals surface area contributed by atoms with Crippen molar-refractivity contribution >= 4 is 43.7 Å². The third-order valence-electron chi connectivity index (χ3n) is 9.46. The minimum absolute atomic E-state index is 0.577. The maximum atomic E-state index is 6.50. The summed E-state index contributed by atoms with van der Waals surface area (Å²) in [5.41, 5.74) is 9.78. The highest BCUT2D eigenvalue weighted by Gasteiger charge is 2.25. The van der Waals surface area contributed by atoms with Crippen molar-refractivity contribution in [2.24, 2.45) is 0 Å². The number of furan rings is 1. The number of fused-ring (bicyclic) bond motifs is 6. The van der Waals surface area contributed by atoms with E-state index in [1.807, 2.05) is 72.8 Å². The van der Waals surface area contributed by atoms with Crippen LogP contribution in [0.15, 0.2) is 174 Å². The van der Waals surface area contributed by atoms with Gasteiger partial charge in [-0.2, -0.15) is 0 Å². The molecule has 10 aromatic rings. The van der Waals surface area contributed by atoms with Crippen LogP contribution in [0.25, 0.3) is 94.7 Å². The number of para-hydroxylation sites is 3. The van der Waals surface area contributed by atoms with Crippen LogP contribution in [-0.2, 0) is 0 Å². The Morgan fingerprint density at radius 3 is 1.66 bits per heavy atom. The third-order valence-corrected chi connectivity index (χ3v) is 9.46. The fourth-order valence-electron chi connectivity index (χ4n) is 7.26. The molecule has 0 N–H and O–H groups in total. The van der Waals surface area contributed by atoms with Crippen molar-refractivity contribution in [2.75, 3.05) is 0 Å². The van der Waals surface area contributed by atoms with Gasteiger partial charge in [-0.05, 0) is 29.8 Å². The van der Waals surface area contributed by atoms with Crippen molar-refractivity contribution in [1.82, 2.24) is 19.5 Å². The molecule has 0 aliphatic carbocycles. The number of hydrogen-bond acceptors (Lipinski definition) is 4. The van der Waals surface area contributed by atoms with Crippen LogP contribution in [0.1, 0.15) is 0 Å². The van der Waals surface area contributed by atoms with Crippen molar-refractivity contribution in [3.05, 3.63) is 170 Å². The molecule has 5 nitrogen and oxygen atoms in total. The van der Waals surface area contributed by atoms with Crippen LogP contribution in [0.4, 0.5) is 0 Å². The van der Waals surface area contributed by atoms with E-state index in [4.69, 9.17) is 19.4 Å². The van der Waals surface area contributed by atoms with Crippen molar-refractivity contribution in [2.45, 2.75) is 0 Å². The Hall–Kier alpha value is -6.85. The maximum absolute atomic E-state index is 6.50. The first-order valence-corrected chi connectivity index (χ1v) is 16.7. The molecule has 0 bridgehead atoms. The van der Waals surface area contributed by atoms with E-state index in [1.54, 1.807) is 0 Å². The highest BCUT2D eigenvalue weighted by atomic mass is 16.3. The second-order valence-corrected chi connectivity index (χ2v) is 12.4. The van der Waals surface area contributed by atoms with Crippen LogP contribution in [0.2, 0.25) is 0 Å². The monoisotopic (exact) mass is 640 g/mol. The zero-order valence-corrected chi connectivity index (χ0v) is 26.9. The van der Waals surface area contributed by atoms with Crippen LogP contribution in [-0.4, -0.2) is 19.5 Å². The number of rotatable bonds is 5. The van der Waals surface area contributed by atoms with E-state index in [2.05, 4.69) is 102 Å². The van der Waals surface area contributed by atoms with Gasteiger partial charge in [0, 0.05) is 38.2 Å². The molecule has 0 aliphatic rings. The molecule has 0 saturated heterocycles. The normalized spacial score (nSPS) is 11.6. The van der Waals surface area contributed by atoms with Gasteiger partial charge in [0.2, 0.25) is 0 Å². The molecule has 3 heterocycles. The largest absolute Gasteiger partial charge is 0.456 e. The molecule has 0 atom stereocenters. The van der Waals surface area contributed by atoms with Crippen molar-refractivity contribution < 1.29 is 4.42 Å². The Labute approximate surface area is 287 Å². The van der Waals surface area contributed by atoms with Gasteiger partial charge >= 0.3 is 0 Å². The second kappa shape index (κ2) is 11.4. The Morgan fingerprint density at radius 1 is 0.400 bits per heavy atom. The molecule has 0 amide bonds. The first-order chi connectivity index (χ1) is 24.8. The molecule has 0 spiro atoms. The molecular weight excluding hydrogens is 613 g/mol. The summed E-state index contributed by atoms with van der Waals surface area (Å²) < 4.78 is 8.89. The van der Waals surface area contributed by atoms with E-state index in [0.29, 0.717) is 17.5 Å². The van der Waals surface area contributed by atoms with E-state index in [-0.39, 0.29) is 0 Å². The summed E-state index contributed by atoms with van der Waals surface area (Å²) in [7, 11) is 0. The molecule has 0 unspecified atom stereocenters. The molecule has 0 saturated carbocycles. The van der Waals surface area contributed by atoms with Crippen LogP contribution >= 0.6 is 0 Å². The first kappa shape index (κ1) is 28.2. The van der Waals surface area contributed by atoms with Crippen molar-refractivity contribution in [3.8, 4) is 51.0 Å². The quantitative estimate of drug-likeness (QED) is 0.188. The lowest BCUT2D eigenvalue weighted by molar-refractivity contribution is 0.669. The molecule has 234 valence electrons. The highest BCUT2D eigenvalue weighted by Crippen LogP contribution is 2.44. The molecule has 7 aromatic carbocycles. The molecular formula is C45H28N4O. The minimum atomic E-state index is 0.577. The summed E-state index contributed by atoms with van der Waals surface area (Å²) in [4.78, 5) is 15.6. The Bertz CT molecular complexity index is 2800. The van der Waals surface area contributed by atoms with Crippen molar-refractivity contribution in [3.63, 3.8) is 0 Å². The standard InChI is InChI=1S/C45H28N4O/c1-4-15-29(16-5-1)32-23-14-24-34-33-21-10-12-25-36(33)49(42(32)34)37-27-28-39-40(35-22-11-13-26-38(35)50-39)41(37)45-47-43(30-17-6-2-7-18-30)46-44(48-45)31-19-8-3-9-20-31/h1-28H. The number of benzene rings is 7. The van der Waals surface area contributed by atoms with Gasteiger partial charge in [0.05, 0.1) is 22.3 Å². The van der Waals surface area contributed by atoms with Crippen LogP contribution in [0.5, 0.6) is 0 Å². The van der Waals surface area contributed by atoms with Crippen molar-refractivity contribution in [1.29, 1.82) is 0 Å². The summed E-state index contributed by atoms with van der Waals surface area (Å²) in [6, 6.07) is 58.5. The summed E-state index contributed by atoms with van der Waals surface area (Å²) in [6.07, 6.45) is 0. The number of hydrogen-bond donors (Lipinski definition) is 0. The van der Waals surface area contributed by atoms with Crippen LogP contribution < -0.4 is 0 Å². The van der Waals surface area contributed by atoms with Gasteiger partial charge in [-0.3, -0.25) is 0 Å². The fourth-order valence-corrected chi connectivity index (χ4v) is 7.26. The van der Waals surface area contributed by atoms with Crippen LogP contribution in [0, 0.1) is 0 Å². The van der Waals surface area contributed by atoms with E-state index in [1.165, 1.54) is 10.8 Å². The van der Waals surface area contributed by atoms with Gasteiger partial charge in [0.15, 0.2) is 17.5 Å². The Balaban J connectivity index is 1.39. The average molecular weight is 641 g/mol. The number of nitrogens with zero attached hydrogens (tertiary/aromatic N) is 4. The minimum Gasteiger partial charge on any atom is -0.456 e. The average Bonchev–Trinajstić information content (AvgIpc) is 3.74. The van der Waals surface area contributed by atoms with E-state index in [9.17, 15) is 0 Å². The molecule has 5 heteroatoms. The SMILES string of the molecule is c1ccc(-c2nc(-c3ccccc3)nc(-c3c(-n4c5ccccc5c5cccc(-c6ccccc6)c54)ccc4oc5ccccc5c34)n2)cc1. The smallest absolute Gasteiger partial charge is 0.166 e. The fraction of sp³-hybridized carbons (Fsp3) is 0.